The summed E-state index contributed by atoms with van der Waals surface area (Å²) in [6.07, 6.45) is 0. The van der Waals surface area contributed by atoms with Crippen molar-refractivity contribution in [3.8, 4) is 0 Å². The topological polar surface area (TPSA) is 103 Å². The first kappa shape index (κ1) is 13.0. The van der Waals surface area contributed by atoms with Crippen LogP contribution in [0.3, 0.4) is 0 Å². The molecule has 0 bridgehead atoms. The van der Waals surface area contributed by atoms with Crippen LogP contribution < -0.4 is 11.0 Å². The summed E-state index contributed by atoms with van der Waals surface area (Å²) in [4.78, 5) is 16.1. The summed E-state index contributed by atoms with van der Waals surface area (Å²) in [5.41, 5.74) is 0.223. The molecule has 0 aromatic carbocycles. The van der Waals surface area contributed by atoms with Gasteiger partial charge in [-0.3, -0.25) is 4.98 Å². The van der Waals surface area contributed by atoms with E-state index in [4.69, 9.17) is 14.9 Å². The molecule has 0 aliphatic carbocycles. The zero-order valence-corrected chi connectivity index (χ0v) is 9.85. The molecule has 0 radical (unpaired) electrons. The number of anilines is 1. The average molecular weight is 240 g/mol. The Morgan fingerprint density at radius 2 is 2.18 bits per heavy atom. The number of aromatic nitrogens is 2. The van der Waals surface area contributed by atoms with Gasteiger partial charge in [0.15, 0.2) is 5.88 Å². The Labute approximate surface area is 98.3 Å². The number of ether oxygens (including phenoxy) is 2. The summed E-state index contributed by atoms with van der Waals surface area (Å²) in [5, 5.41) is 10.3. The Balaban J connectivity index is 2.64. The van der Waals surface area contributed by atoms with Crippen molar-refractivity contribution in [2.75, 3.05) is 25.6 Å². The van der Waals surface area contributed by atoms with E-state index in [9.17, 15) is 4.79 Å². The monoisotopic (exact) mass is 240 g/mol. The van der Waals surface area contributed by atoms with Crippen molar-refractivity contribution in [3.63, 3.8) is 0 Å². The zero-order chi connectivity index (χ0) is 12.8. The Hall–Kier alpha value is -2.02. The molecule has 7 nitrogen and oxygen atoms in total. The van der Waals surface area contributed by atoms with E-state index in [0.29, 0.717) is 24.7 Å². The molecule has 0 fully saturated rings. The van der Waals surface area contributed by atoms with Crippen molar-refractivity contribution in [3.05, 3.63) is 28.6 Å². The molecule has 0 unspecified atom stereocenters. The van der Waals surface area contributed by atoms with E-state index in [-0.39, 0.29) is 11.6 Å². The summed E-state index contributed by atoms with van der Waals surface area (Å²) >= 11 is 0. The van der Waals surface area contributed by atoms with E-state index in [1.807, 2.05) is 0 Å². The maximum Gasteiger partial charge on any atom is 0.325 e. The van der Waals surface area contributed by atoms with E-state index in [1.165, 1.54) is 0 Å². The van der Waals surface area contributed by atoms with E-state index in [2.05, 4.69) is 21.9 Å². The fraction of sp³-hybridized carbons (Fsp3) is 0.400. The Bertz CT molecular complexity index is 460. The van der Waals surface area contributed by atoms with Gasteiger partial charge >= 0.3 is 5.69 Å². The predicted octanol–water partition coefficient (Wildman–Crippen LogP) is 0.637. The van der Waals surface area contributed by atoms with Crippen LogP contribution in [0.1, 0.15) is 12.6 Å². The van der Waals surface area contributed by atoms with Gasteiger partial charge in [0, 0.05) is 7.11 Å². The molecule has 17 heavy (non-hydrogen) atoms. The molecule has 7 heteroatoms. The third kappa shape index (κ3) is 3.80. The highest BCUT2D eigenvalue weighted by molar-refractivity contribution is 5.98. The van der Waals surface area contributed by atoms with Crippen LogP contribution in [0.15, 0.2) is 17.3 Å². The van der Waals surface area contributed by atoms with Crippen LogP contribution >= 0.6 is 0 Å². The minimum atomic E-state index is -0.390. The lowest BCUT2D eigenvalue weighted by molar-refractivity contribution is 0.112. The number of nitrogens with one attached hydrogen (secondary N) is 4. The molecule has 94 valence electrons. The predicted molar refractivity (Wildman–Crippen MR) is 64.5 cm³/mol. The fourth-order valence-electron chi connectivity index (χ4n) is 1.18. The van der Waals surface area contributed by atoms with E-state index < -0.39 is 5.69 Å². The number of aromatic amines is 2. The second-order valence-electron chi connectivity index (χ2n) is 3.34. The number of H-pyrrole nitrogens is 2. The first-order chi connectivity index (χ1) is 8.04. The molecule has 1 aromatic heterocycles. The quantitative estimate of drug-likeness (QED) is 0.319. The van der Waals surface area contributed by atoms with Crippen molar-refractivity contribution in [1.82, 2.24) is 9.97 Å². The lowest BCUT2D eigenvalue weighted by atomic mass is 10.3. The summed E-state index contributed by atoms with van der Waals surface area (Å²) in [6, 6.07) is 0. The number of methoxy groups -OCH3 is 1. The van der Waals surface area contributed by atoms with Crippen LogP contribution in [0.25, 0.3) is 0 Å². The molecule has 0 saturated heterocycles. The Morgan fingerprint density at radius 3 is 2.76 bits per heavy atom. The van der Waals surface area contributed by atoms with Gasteiger partial charge in [0.05, 0.1) is 12.3 Å². The molecule has 0 saturated carbocycles. The molecule has 0 spiro atoms. The number of hydrogen-bond acceptors (Lipinski definition) is 5. The largest absolute Gasteiger partial charge is 0.477 e. The van der Waals surface area contributed by atoms with E-state index in [1.54, 1.807) is 14.0 Å². The standard InChI is InChI=1S/C10H16N4O3/c1-6(11)8-9(14-10(15)13-8)12-7(2)17-5-4-16-3/h11-12H,2,4-5H2,1,3H3,(H2,13,14,15). The van der Waals surface area contributed by atoms with Crippen LogP contribution in [0.2, 0.25) is 0 Å². The van der Waals surface area contributed by atoms with Crippen molar-refractivity contribution < 1.29 is 9.47 Å². The van der Waals surface area contributed by atoms with Gasteiger partial charge in [0.2, 0.25) is 0 Å². The smallest absolute Gasteiger partial charge is 0.325 e. The molecule has 1 heterocycles. The number of rotatable bonds is 7. The van der Waals surface area contributed by atoms with E-state index in [0.717, 1.165) is 0 Å². The Morgan fingerprint density at radius 1 is 1.47 bits per heavy atom. The highest BCUT2D eigenvalue weighted by atomic mass is 16.5. The van der Waals surface area contributed by atoms with Gasteiger partial charge in [-0.25, -0.2) is 4.79 Å². The van der Waals surface area contributed by atoms with E-state index >= 15 is 0 Å². The van der Waals surface area contributed by atoms with Gasteiger partial charge < -0.3 is 25.2 Å². The summed E-state index contributed by atoms with van der Waals surface area (Å²) < 4.78 is 10.0. The zero-order valence-electron chi connectivity index (χ0n) is 9.85. The van der Waals surface area contributed by atoms with Crippen LogP contribution in [0.5, 0.6) is 0 Å². The molecule has 0 aliphatic rings. The summed E-state index contributed by atoms with van der Waals surface area (Å²) in [6.45, 7) is 6.01. The molecule has 1 rings (SSSR count). The van der Waals surface area contributed by atoms with Crippen LogP contribution in [0.4, 0.5) is 5.82 Å². The molecular weight excluding hydrogens is 224 g/mol. The second-order valence-corrected chi connectivity index (χ2v) is 3.34. The molecular formula is C10H16N4O3. The third-order valence-corrected chi connectivity index (χ3v) is 1.93. The number of imidazole rings is 1. The van der Waals surface area contributed by atoms with Gasteiger partial charge in [0.1, 0.15) is 18.1 Å². The highest BCUT2D eigenvalue weighted by Crippen LogP contribution is 2.10. The molecule has 0 atom stereocenters. The molecule has 1 aromatic rings. The van der Waals surface area contributed by atoms with Gasteiger partial charge in [0.25, 0.3) is 0 Å². The maximum absolute atomic E-state index is 11.1. The summed E-state index contributed by atoms with van der Waals surface area (Å²) in [5.74, 6) is 0.643. The first-order valence-electron chi connectivity index (χ1n) is 5.00. The minimum Gasteiger partial charge on any atom is -0.477 e. The summed E-state index contributed by atoms with van der Waals surface area (Å²) in [7, 11) is 1.57. The molecule has 0 amide bonds. The molecule has 4 N–H and O–H groups in total. The van der Waals surface area contributed by atoms with Crippen molar-refractivity contribution >= 4 is 11.5 Å². The maximum atomic E-state index is 11.1. The van der Waals surface area contributed by atoms with Crippen LogP contribution in [0, 0.1) is 5.41 Å². The third-order valence-electron chi connectivity index (χ3n) is 1.93. The van der Waals surface area contributed by atoms with Crippen molar-refractivity contribution in [1.29, 1.82) is 5.41 Å². The van der Waals surface area contributed by atoms with Crippen LogP contribution in [-0.4, -0.2) is 36.0 Å². The first-order valence-corrected chi connectivity index (χ1v) is 5.00. The van der Waals surface area contributed by atoms with Crippen molar-refractivity contribution in [2.45, 2.75) is 6.92 Å². The lowest BCUT2D eigenvalue weighted by Gasteiger charge is -2.10. The van der Waals surface area contributed by atoms with Gasteiger partial charge in [-0.2, -0.15) is 0 Å². The Kier molecular flexibility index (Phi) is 4.53. The highest BCUT2D eigenvalue weighted by Gasteiger charge is 2.09. The average Bonchev–Trinajstić information content (AvgIpc) is 2.60. The van der Waals surface area contributed by atoms with Gasteiger partial charge in [-0.1, -0.05) is 0 Å². The SMILES string of the molecule is C=C(Nc1[nH]c(=O)[nH]c1C(C)=N)OCCOC. The van der Waals surface area contributed by atoms with Crippen molar-refractivity contribution in [2.24, 2.45) is 0 Å². The lowest BCUT2D eigenvalue weighted by Crippen LogP contribution is -2.09. The van der Waals surface area contributed by atoms with Crippen LogP contribution in [-0.2, 0) is 9.47 Å². The minimum absolute atomic E-state index is 0.232. The molecule has 0 aliphatic heterocycles. The normalized spacial score (nSPS) is 10.0. The van der Waals surface area contributed by atoms with Gasteiger partial charge in [-0.05, 0) is 13.5 Å². The number of hydrogen-bond donors (Lipinski definition) is 4. The van der Waals surface area contributed by atoms with Gasteiger partial charge in [-0.15, -0.1) is 0 Å². The second kappa shape index (κ2) is 5.90. The fourth-order valence-corrected chi connectivity index (χ4v) is 1.18.